The molecule has 0 radical (unpaired) electrons. The molecular formula is C18H20N2O5S. The standard InChI is InChI=1S/C18H20N2O5S/c1-13(9-10-14-6-5-11-25-14)19(2)17(21)12-20-18(22)15-7-3-4-8-16(15)26(20,23)24/h3-8,11,13H,9-10,12H2,1-2H3/t13-/m0/s1. The van der Waals surface area contributed by atoms with Gasteiger partial charge in [-0.2, -0.15) is 0 Å². The van der Waals surface area contributed by atoms with E-state index >= 15 is 0 Å². The second-order valence-electron chi connectivity index (χ2n) is 6.28. The van der Waals surface area contributed by atoms with Gasteiger partial charge in [0, 0.05) is 19.5 Å². The first-order valence-electron chi connectivity index (χ1n) is 8.26. The van der Waals surface area contributed by atoms with E-state index in [1.54, 1.807) is 31.5 Å². The van der Waals surface area contributed by atoms with Crippen LogP contribution < -0.4 is 0 Å². The lowest BCUT2D eigenvalue weighted by Gasteiger charge is -2.26. The van der Waals surface area contributed by atoms with E-state index in [0.29, 0.717) is 17.1 Å². The smallest absolute Gasteiger partial charge is 0.269 e. The summed E-state index contributed by atoms with van der Waals surface area (Å²) in [6, 6.07) is 9.52. The Labute approximate surface area is 152 Å². The molecule has 1 aromatic carbocycles. The molecule has 0 unspecified atom stereocenters. The first-order chi connectivity index (χ1) is 12.3. The minimum Gasteiger partial charge on any atom is -0.469 e. The van der Waals surface area contributed by atoms with Gasteiger partial charge in [-0.05, 0) is 37.6 Å². The molecule has 138 valence electrons. The Kier molecular flexibility index (Phi) is 4.86. The third kappa shape index (κ3) is 3.24. The molecule has 0 bridgehead atoms. The van der Waals surface area contributed by atoms with Crippen LogP contribution in [0.15, 0.2) is 52.0 Å². The summed E-state index contributed by atoms with van der Waals surface area (Å²) in [7, 11) is -2.37. The van der Waals surface area contributed by atoms with Gasteiger partial charge in [0.25, 0.3) is 15.9 Å². The van der Waals surface area contributed by atoms with E-state index in [2.05, 4.69) is 0 Å². The molecule has 0 saturated heterocycles. The Morgan fingerprint density at radius 1 is 1.23 bits per heavy atom. The van der Waals surface area contributed by atoms with Crippen LogP contribution in [0.5, 0.6) is 0 Å². The molecule has 7 nitrogen and oxygen atoms in total. The van der Waals surface area contributed by atoms with Gasteiger partial charge in [0.1, 0.15) is 17.2 Å². The van der Waals surface area contributed by atoms with Crippen LogP contribution in [0.1, 0.15) is 29.5 Å². The van der Waals surface area contributed by atoms with Crippen molar-refractivity contribution in [2.24, 2.45) is 0 Å². The van der Waals surface area contributed by atoms with E-state index in [1.807, 2.05) is 13.0 Å². The van der Waals surface area contributed by atoms with E-state index < -0.39 is 28.4 Å². The van der Waals surface area contributed by atoms with Gasteiger partial charge >= 0.3 is 0 Å². The van der Waals surface area contributed by atoms with Gasteiger partial charge in [0.15, 0.2) is 0 Å². The Morgan fingerprint density at radius 2 is 1.96 bits per heavy atom. The summed E-state index contributed by atoms with van der Waals surface area (Å²) in [5, 5.41) is 0. The van der Waals surface area contributed by atoms with Crippen LogP contribution in [0.3, 0.4) is 0 Å². The molecule has 0 fully saturated rings. The van der Waals surface area contributed by atoms with Crippen molar-refractivity contribution in [2.75, 3.05) is 13.6 Å². The van der Waals surface area contributed by atoms with Crippen LogP contribution >= 0.6 is 0 Å². The lowest BCUT2D eigenvalue weighted by molar-refractivity contribution is -0.131. The molecule has 1 aliphatic heterocycles. The molecule has 0 aliphatic carbocycles. The normalized spacial score (nSPS) is 16.4. The molecular weight excluding hydrogens is 356 g/mol. The number of carbonyl (C=O) groups is 2. The summed E-state index contributed by atoms with van der Waals surface area (Å²) in [5.74, 6) is -0.266. The number of carbonyl (C=O) groups excluding carboxylic acids is 2. The highest BCUT2D eigenvalue weighted by atomic mass is 32.2. The molecule has 8 heteroatoms. The predicted molar refractivity (Wildman–Crippen MR) is 93.9 cm³/mol. The van der Waals surface area contributed by atoms with Crippen LogP contribution in [-0.2, 0) is 21.2 Å². The van der Waals surface area contributed by atoms with Crippen molar-refractivity contribution < 1.29 is 22.4 Å². The molecule has 2 amide bonds. The number of furan rings is 1. The molecule has 1 atom stereocenters. The molecule has 0 N–H and O–H groups in total. The molecule has 1 aromatic heterocycles. The summed E-state index contributed by atoms with van der Waals surface area (Å²) in [4.78, 5) is 26.3. The van der Waals surface area contributed by atoms with E-state index in [-0.39, 0.29) is 16.5 Å². The Balaban J connectivity index is 1.67. The van der Waals surface area contributed by atoms with Crippen LogP contribution in [0.4, 0.5) is 0 Å². The van der Waals surface area contributed by atoms with Crippen LogP contribution in [0.2, 0.25) is 0 Å². The first kappa shape index (κ1) is 18.2. The fourth-order valence-corrected chi connectivity index (χ4v) is 4.39. The zero-order valence-electron chi connectivity index (χ0n) is 14.6. The number of aryl methyl sites for hydroxylation is 1. The number of rotatable bonds is 6. The highest BCUT2D eigenvalue weighted by molar-refractivity contribution is 7.90. The van der Waals surface area contributed by atoms with Crippen molar-refractivity contribution in [1.82, 2.24) is 9.21 Å². The maximum absolute atomic E-state index is 12.5. The van der Waals surface area contributed by atoms with Crippen LogP contribution in [0.25, 0.3) is 0 Å². The number of nitrogens with zero attached hydrogens (tertiary/aromatic N) is 2. The first-order valence-corrected chi connectivity index (χ1v) is 9.70. The zero-order chi connectivity index (χ0) is 18.9. The van der Waals surface area contributed by atoms with Gasteiger partial charge in [-0.3, -0.25) is 9.59 Å². The maximum atomic E-state index is 12.5. The number of hydrogen-bond acceptors (Lipinski definition) is 5. The third-order valence-electron chi connectivity index (χ3n) is 4.63. The molecule has 2 heterocycles. The van der Waals surface area contributed by atoms with E-state index in [1.165, 1.54) is 17.0 Å². The van der Waals surface area contributed by atoms with E-state index in [9.17, 15) is 18.0 Å². The third-order valence-corrected chi connectivity index (χ3v) is 6.42. The van der Waals surface area contributed by atoms with Crippen molar-refractivity contribution in [1.29, 1.82) is 0 Å². The summed E-state index contributed by atoms with van der Waals surface area (Å²) in [6.07, 6.45) is 2.92. The molecule has 0 saturated carbocycles. The van der Waals surface area contributed by atoms with Gasteiger partial charge in [-0.25, -0.2) is 12.7 Å². The van der Waals surface area contributed by atoms with Crippen LogP contribution in [-0.4, -0.2) is 49.1 Å². The number of fused-ring (bicyclic) bond motifs is 1. The zero-order valence-corrected chi connectivity index (χ0v) is 15.4. The number of amides is 2. The number of sulfonamides is 1. The van der Waals surface area contributed by atoms with Crippen molar-refractivity contribution in [2.45, 2.75) is 30.7 Å². The summed E-state index contributed by atoms with van der Waals surface area (Å²) in [5.41, 5.74) is 0.105. The average Bonchev–Trinajstić information content (AvgIpc) is 3.21. The monoisotopic (exact) mass is 376 g/mol. The highest BCUT2D eigenvalue weighted by Crippen LogP contribution is 2.29. The highest BCUT2D eigenvalue weighted by Gasteiger charge is 2.42. The fraction of sp³-hybridized carbons (Fsp3) is 0.333. The van der Waals surface area contributed by atoms with Gasteiger partial charge in [-0.1, -0.05) is 12.1 Å². The van der Waals surface area contributed by atoms with E-state index in [0.717, 1.165) is 5.76 Å². The fourth-order valence-electron chi connectivity index (χ4n) is 2.87. The van der Waals surface area contributed by atoms with Gasteiger partial charge in [0.2, 0.25) is 5.91 Å². The SMILES string of the molecule is C[C@@H](CCc1ccco1)N(C)C(=O)CN1C(=O)c2ccccc2S1(=O)=O. The molecule has 2 aromatic rings. The van der Waals surface area contributed by atoms with Crippen LogP contribution in [0, 0.1) is 0 Å². The van der Waals surface area contributed by atoms with Crippen molar-refractivity contribution >= 4 is 21.8 Å². The Bertz CT molecular complexity index is 921. The topological polar surface area (TPSA) is 87.9 Å². The largest absolute Gasteiger partial charge is 0.469 e. The number of likely N-dealkylation sites (N-methyl/N-ethyl adjacent to an activating group) is 1. The average molecular weight is 376 g/mol. The predicted octanol–water partition coefficient (Wildman–Crippen LogP) is 1.90. The molecule has 3 rings (SSSR count). The quantitative estimate of drug-likeness (QED) is 0.768. The number of benzene rings is 1. The summed E-state index contributed by atoms with van der Waals surface area (Å²) in [6.45, 7) is 1.37. The molecule has 1 aliphatic rings. The van der Waals surface area contributed by atoms with E-state index in [4.69, 9.17) is 4.42 Å². The Morgan fingerprint density at radius 3 is 2.62 bits per heavy atom. The van der Waals surface area contributed by atoms with Gasteiger partial charge < -0.3 is 9.32 Å². The van der Waals surface area contributed by atoms with Gasteiger partial charge in [-0.15, -0.1) is 0 Å². The molecule has 0 spiro atoms. The Hall–Kier alpha value is -2.61. The minimum absolute atomic E-state index is 0.0497. The van der Waals surface area contributed by atoms with Crippen molar-refractivity contribution in [3.63, 3.8) is 0 Å². The van der Waals surface area contributed by atoms with Gasteiger partial charge in [0.05, 0.1) is 11.8 Å². The van der Waals surface area contributed by atoms with Crippen molar-refractivity contribution in [3.8, 4) is 0 Å². The lowest BCUT2D eigenvalue weighted by Crippen LogP contribution is -2.44. The second-order valence-corrected chi connectivity index (χ2v) is 8.12. The summed E-state index contributed by atoms with van der Waals surface area (Å²) >= 11 is 0. The number of hydrogen-bond donors (Lipinski definition) is 0. The molecule has 26 heavy (non-hydrogen) atoms. The second kappa shape index (κ2) is 6.95. The maximum Gasteiger partial charge on any atom is 0.269 e. The summed E-state index contributed by atoms with van der Waals surface area (Å²) < 4.78 is 31.0. The minimum atomic E-state index is -3.98. The lowest BCUT2D eigenvalue weighted by atomic mass is 10.1. The van der Waals surface area contributed by atoms with Crippen molar-refractivity contribution in [3.05, 3.63) is 54.0 Å².